The fourth-order valence-electron chi connectivity index (χ4n) is 1.87. The van der Waals surface area contributed by atoms with Crippen molar-refractivity contribution in [3.05, 3.63) is 28.2 Å². The van der Waals surface area contributed by atoms with Gasteiger partial charge in [-0.3, -0.25) is 0 Å². The van der Waals surface area contributed by atoms with Gasteiger partial charge in [0, 0.05) is 10.5 Å². The molecule has 1 atom stereocenters. The Balaban J connectivity index is 2.57. The van der Waals surface area contributed by atoms with Crippen LogP contribution in [-0.2, 0) is 6.42 Å². The molecule has 3 heteroatoms. The van der Waals surface area contributed by atoms with Crippen LogP contribution >= 0.6 is 15.9 Å². The summed E-state index contributed by atoms with van der Waals surface area (Å²) in [7, 11) is 0. The minimum Gasteiger partial charge on any atom is -0.493 e. The Morgan fingerprint density at radius 1 is 1.28 bits per heavy atom. The van der Waals surface area contributed by atoms with Crippen LogP contribution in [0.1, 0.15) is 39.2 Å². The van der Waals surface area contributed by atoms with Crippen LogP contribution in [0.3, 0.4) is 0 Å². The Labute approximate surface area is 119 Å². The Bertz CT molecular complexity index is 364. The maximum absolute atomic E-state index is 5.87. The quantitative estimate of drug-likeness (QED) is 0.767. The third-order valence-electron chi connectivity index (χ3n) is 2.75. The van der Waals surface area contributed by atoms with Crippen LogP contribution < -0.4 is 10.5 Å². The van der Waals surface area contributed by atoms with Gasteiger partial charge in [0.15, 0.2) is 0 Å². The topological polar surface area (TPSA) is 35.2 Å². The summed E-state index contributed by atoms with van der Waals surface area (Å²) in [5.41, 5.74) is 7.05. The lowest BCUT2D eigenvalue weighted by molar-refractivity contribution is 0.294. The van der Waals surface area contributed by atoms with Crippen molar-refractivity contribution in [1.29, 1.82) is 0 Å². The fourth-order valence-corrected chi connectivity index (χ4v) is 2.28. The van der Waals surface area contributed by atoms with E-state index in [2.05, 4.69) is 35.8 Å². The lowest BCUT2D eigenvalue weighted by Crippen LogP contribution is -2.18. The van der Waals surface area contributed by atoms with Gasteiger partial charge in [0.1, 0.15) is 5.75 Å². The largest absolute Gasteiger partial charge is 0.493 e. The zero-order valence-corrected chi connectivity index (χ0v) is 13.2. The molecule has 102 valence electrons. The molecule has 0 heterocycles. The molecule has 0 spiro atoms. The van der Waals surface area contributed by atoms with Crippen molar-refractivity contribution >= 4 is 15.9 Å². The van der Waals surface area contributed by atoms with Crippen LogP contribution in [0.25, 0.3) is 0 Å². The van der Waals surface area contributed by atoms with E-state index in [4.69, 9.17) is 10.5 Å². The van der Waals surface area contributed by atoms with E-state index in [-0.39, 0.29) is 6.04 Å². The monoisotopic (exact) mass is 313 g/mol. The van der Waals surface area contributed by atoms with Gasteiger partial charge in [-0.05, 0) is 55.9 Å². The lowest BCUT2D eigenvalue weighted by Gasteiger charge is -2.14. The predicted molar refractivity (Wildman–Crippen MR) is 81.1 cm³/mol. The molecule has 0 saturated carbocycles. The SMILES string of the molecule is CC(C)CCCOc1ccc(Br)cc1CC(C)N. The third-order valence-corrected chi connectivity index (χ3v) is 3.24. The third kappa shape index (κ3) is 5.87. The van der Waals surface area contributed by atoms with Crippen LogP contribution in [0.5, 0.6) is 5.75 Å². The van der Waals surface area contributed by atoms with Crippen molar-refractivity contribution in [2.24, 2.45) is 11.7 Å². The Morgan fingerprint density at radius 2 is 2.00 bits per heavy atom. The fraction of sp³-hybridized carbons (Fsp3) is 0.600. The number of halogens is 1. The number of benzene rings is 1. The summed E-state index contributed by atoms with van der Waals surface area (Å²) in [6.45, 7) is 7.28. The van der Waals surface area contributed by atoms with Crippen LogP contribution in [-0.4, -0.2) is 12.6 Å². The second-order valence-corrected chi connectivity index (χ2v) is 6.23. The van der Waals surface area contributed by atoms with Crippen LogP contribution in [0.4, 0.5) is 0 Å². The zero-order chi connectivity index (χ0) is 13.5. The van der Waals surface area contributed by atoms with Gasteiger partial charge in [-0.25, -0.2) is 0 Å². The predicted octanol–water partition coefficient (Wildman–Crippen LogP) is 4.15. The molecule has 1 rings (SSSR count). The van der Waals surface area contributed by atoms with Gasteiger partial charge in [-0.1, -0.05) is 29.8 Å². The zero-order valence-electron chi connectivity index (χ0n) is 11.6. The molecular weight excluding hydrogens is 290 g/mol. The van der Waals surface area contributed by atoms with Gasteiger partial charge in [-0.15, -0.1) is 0 Å². The van der Waals surface area contributed by atoms with E-state index in [0.717, 1.165) is 35.6 Å². The molecule has 0 aliphatic carbocycles. The maximum atomic E-state index is 5.87. The lowest BCUT2D eigenvalue weighted by atomic mass is 10.1. The van der Waals surface area contributed by atoms with Crippen LogP contribution in [0, 0.1) is 5.92 Å². The number of nitrogens with two attached hydrogens (primary N) is 1. The molecule has 0 aliphatic rings. The molecule has 0 aromatic heterocycles. The highest BCUT2D eigenvalue weighted by atomic mass is 79.9. The molecule has 0 aliphatic heterocycles. The van der Waals surface area contributed by atoms with E-state index in [1.807, 2.05) is 19.1 Å². The molecule has 2 N–H and O–H groups in total. The molecule has 1 aromatic rings. The normalized spacial score (nSPS) is 12.8. The van der Waals surface area contributed by atoms with Gasteiger partial charge in [-0.2, -0.15) is 0 Å². The number of ether oxygens (including phenoxy) is 1. The number of hydrogen-bond donors (Lipinski definition) is 1. The summed E-state index contributed by atoms with van der Waals surface area (Å²) >= 11 is 3.49. The van der Waals surface area contributed by atoms with E-state index in [9.17, 15) is 0 Å². The first kappa shape index (κ1) is 15.5. The molecule has 2 nitrogen and oxygen atoms in total. The molecular formula is C15H24BrNO. The van der Waals surface area contributed by atoms with Gasteiger partial charge in [0.05, 0.1) is 6.61 Å². The van der Waals surface area contributed by atoms with Crippen molar-refractivity contribution in [2.75, 3.05) is 6.61 Å². The second-order valence-electron chi connectivity index (χ2n) is 5.32. The standard InChI is InChI=1S/C15H24BrNO/c1-11(2)5-4-8-18-15-7-6-14(16)10-13(15)9-12(3)17/h6-7,10-12H,4-5,8-9,17H2,1-3H3. The van der Waals surface area contributed by atoms with E-state index < -0.39 is 0 Å². The van der Waals surface area contributed by atoms with E-state index in [0.29, 0.717) is 0 Å². The van der Waals surface area contributed by atoms with Gasteiger partial charge in [0.2, 0.25) is 0 Å². The average Bonchev–Trinajstić information content (AvgIpc) is 2.25. The first-order valence-electron chi connectivity index (χ1n) is 6.66. The summed E-state index contributed by atoms with van der Waals surface area (Å²) in [4.78, 5) is 0. The van der Waals surface area contributed by atoms with Gasteiger partial charge >= 0.3 is 0 Å². The van der Waals surface area contributed by atoms with Crippen molar-refractivity contribution in [2.45, 2.75) is 46.1 Å². The van der Waals surface area contributed by atoms with Crippen molar-refractivity contribution in [3.8, 4) is 5.75 Å². The summed E-state index contributed by atoms with van der Waals surface area (Å²) in [6, 6.07) is 6.29. The van der Waals surface area contributed by atoms with Crippen molar-refractivity contribution in [3.63, 3.8) is 0 Å². The Kier molecular flexibility index (Phi) is 6.72. The first-order valence-corrected chi connectivity index (χ1v) is 7.45. The van der Waals surface area contributed by atoms with Gasteiger partial charge < -0.3 is 10.5 Å². The summed E-state index contributed by atoms with van der Waals surface area (Å²) < 4.78 is 6.94. The molecule has 1 unspecified atom stereocenters. The van der Waals surface area contributed by atoms with Gasteiger partial charge in [0.25, 0.3) is 0 Å². The van der Waals surface area contributed by atoms with E-state index in [1.54, 1.807) is 0 Å². The maximum Gasteiger partial charge on any atom is 0.122 e. The highest BCUT2D eigenvalue weighted by molar-refractivity contribution is 9.10. The highest BCUT2D eigenvalue weighted by Crippen LogP contribution is 2.24. The molecule has 1 aromatic carbocycles. The Morgan fingerprint density at radius 3 is 2.61 bits per heavy atom. The minimum absolute atomic E-state index is 0.150. The van der Waals surface area contributed by atoms with Crippen molar-refractivity contribution in [1.82, 2.24) is 0 Å². The number of hydrogen-bond acceptors (Lipinski definition) is 2. The molecule has 0 bridgehead atoms. The summed E-state index contributed by atoms with van der Waals surface area (Å²) in [6.07, 6.45) is 3.16. The first-order chi connectivity index (χ1) is 8.49. The molecule has 18 heavy (non-hydrogen) atoms. The Hall–Kier alpha value is -0.540. The molecule has 0 fully saturated rings. The molecule has 0 radical (unpaired) electrons. The molecule has 0 amide bonds. The smallest absolute Gasteiger partial charge is 0.122 e. The number of rotatable bonds is 7. The van der Waals surface area contributed by atoms with E-state index in [1.165, 1.54) is 12.0 Å². The van der Waals surface area contributed by atoms with Crippen LogP contribution in [0.15, 0.2) is 22.7 Å². The van der Waals surface area contributed by atoms with Crippen molar-refractivity contribution < 1.29 is 4.74 Å². The molecule has 0 saturated heterocycles. The summed E-state index contributed by atoms with van der Waals surface area (Å²) in [5, 5.41) is 0. The highest BCUT2D eigenvalue weighted by Gasteiger charge is 2.07. The summed E-state index contributed by atoms with van der Waals surface area (Å²) in [5.74, 6) is 1.71. The van der Waals surface area contributed by atoms with E-state index >= 15 is 0 Å². The second kappa shape index (κ2) is 7.80. The average molecular weight is 314 g/mol. The minimum atomic E-state index is 0.150. The van der Waals surface area contributed by atoms with Crippen LogP contribution in [0.2, 0.25) is 0 Å².